The lowest BCUT2D eigenvalue weighted by Gasteiger charge is -2.37. The highest BCUT2D eigenvalue weighted by molar-refractivity contribution is 7.99. The Kier molecular flexibility index (Phi) is 4.86. The van der Waals surface area contributed by atoms with Gasteiger partial charge in [-0.05, 0) is 26.2 Å². The number of thioether (sulfide) groups is 1. The summed E-state index contributed by atoms with van der Waals surface area (Å²) >= 11 is 2.01. The van der Waals surface area contributed by atoms with Crippen LogP contribution in [0.1, 0.15) is 11.7 Å². The lowest BCUT2D eigenvalue weighted by atomic mass is 10.0. The van der Waals surface area contributed by atoms with Gasteiger partial charge in [-0.3, -0.25) is 9.88 Å². The standard InChI is InChI=1S/C13H21N3OS/c1-14-12(10-9-18-8-7-16(10)2)13-11(17-3)5-4-6-15-13/h4-6,10,12,14H,7-9H2,1-3H3. The van der Waals surface area contributed by atoms with Crippen molar-refractivity contribution in [2.75, 3.05) is 39.3 Å². The Labute approximate surface area is 113 Å². The van der Waals surface area contributed by atoms with Crippen molar-refractivity contribution in [3.63, 3.8) is 0 Å². The molecule has 5 heteroatoms. The highest BCUT2D eigenvalue weighted by Gasteiger charge is 2.30. The van der Waals surface area contributed by atoms with Gasteiger partial charge in [0.25, 0.3) is 0 Å². The Morgan fingerprint density at radius 1 is 1.61 bits per heavy atom. The van der Waals surface area contributed by atoms with Crippen molar-refractivity contribution in [3.8, 4) is 5.75 Å². The highest BCUT2D eigenvalue weighted by atomic mass is 32.2. The third-order valence-corrected chi connectivity index (χ3v) is 4.50. The average Bonchev–Trinajstić information content (AvgIpc) is 2.42. The number of methoxy groups -OCH3 is 1. The summed E-state index contributed by atoms with van der Waals surface area (Å²) in [4.78, 5) is 6.92. The molecule has 1 aliphatic rings. The first kappa shape index (κ1) is 13.6. The fourth-order valence-corrected chi connectivity index (χ4v) is 3.65. The molecule has 4 nitrogen and oxygen atoms in total. The van der Waals surface area contributed by atoms with Crippen molar-refractivity contribution < 1.29 is 4.74 Å². The Morgan fingerprint density at radius 3 is 3.11 bits per heavy atom. The molecule has 18 heavy (non-hydrogen) atoms. The van der Waals surface area contributed by atoms with Gasteiger partial charge < -0.3 is 10.1 Å². The van der Waals surface area contributed by atoms with Gasteiger partial charge in [0.05, 0.1) is 13.2 Å². The van der Waals surface area contributed by atoms with Crippen molar-refractivity contribution in [2.24, 2.45) is 0 Å². The maximum absolute atomic E-state index is 5.43. The van der Waals surface area contributed by atoms with Gasteiger partial charge in [-0.2, -0.15) is 11.8 Å². The Morgan fingerprint density at radius 2 is 2.44 bits per heavy atom. The lowest BCUT2D eigenvalue weighted by molar-refractivity contribution is 0.216. The van der Waals surface area contributed by atoms with Crippen molar-refractivity contribution in [2.45, 2.75) is 12.1 Å². The molecule has 1 aromatic heterocycles. The second-order valence-corrected chi connectivity index (χ2v) is 5.63. The van der Waals surface area contributed by atoms with Crippen LogP contribution in [0.3, 0.4) is 0 Å². The van der Waals surface area contributed by atoms with E-state index in [1.807, 2.05) is 37.1 Å². The lowest BCUT2D eigenvalue weighted by Crippen LogP contribution is -2.47. The largest absolute Gasteiger partial charge is 0.495 e. The summed E-state index contributed by atoms with van der Waals surface area (Å²) in [7, 11) is 5.88. The molecule has 0 aromatic carbocycles. The molecule has 0 amide bonds. The topological polar surface area (TPSA) is 37.4 Å². The van der Waals surface area contributed by atoms with Crippen molar-refractivity contribution >= 4 is 11.8 Å². The van der Waals surface area contributed by atoms with Crippen molar-refractivity contribution in [1.29, 1.82) is 0 Å². The van der Waals surface area contributed by atoms with Gasteiger partial charge in [-0.15, -0.1) is 0 Å². The molecule has 1 N–H and O–H groups in total. The Hall–Kier alpha value is -0.780. The number of nitrogens with zero attached hydrogens (tertiary/aromatic N) is 2. The second kappa shape index (κ2) is 6.41. The first-order valence-corrected chi connectivity index (χ1v) is 7.37. The van der Waals surface area contributed by atoms with E-state index in [0.29, 0.717) is 6.04 Å². The fourth-order valence-electron chi connectivity index (χ4n) is 2.38. The van der Waals surface area contributed by atoms with Gasteiger partial charge in [0.2, 0.25) is 0 Å². The average molecular weight is 267 g/mol. The summed E-state index contributed by atoms with van der Waals surface area (Å²) in [6.07, 6.45) is 1.83. The van der Waals surface area contributed by atoms with E-state index >= 15 is 0 Å². The molecule has 1 fully saturated rings. The monoisotopic (exact) mass is 267 g/mol. The summed E-state index contributed by atoms with van der Waals surface area (Å²) in [6, 6.07) is 4.55. The maximum atomic E-state index is 5.43. The van der Waals surface area contributed by atoms with Gasteiger partial charge in [-0.1, -0.05) is 0 Å². The molecule has 100 valence electrons. The molecule has 1 aliphatic heterocycles. The summed E-state index contributed by atoms with van der Waals surface area (Å²) in [5, 5.41) is 3.40. The third-order valence-electron chi connectivity index (χ3n) is 3.45. The number of nitrogens with one attached hydrogen (secondary N) is 1. The van der Waals surface area contributed by atoms with E-state index in [2.05, 4.69) is 22.2 Å². The molecular weight excluding hydrogens is 246 g/mol. The second-order valence-electron chi connectivity index (χ2n) is 4.48. The molecule has 0 bridgehead atoms. The summed E-state index contributed by atoms with van der Waals surface area (Å²) in [5.41, 5.74) is 1.00. The Bertz CT molecular complexity index is 388. The smallest absolute Gasteiger partial charge is 0.142 e. The van der Waals surface area contributed by atoms with E-state index < -0.39 is 0 Å². The van der Waals surface area contributed by atoms with Crippen LogP contribution >= 0.6 is 11.8 Å². The molecule has 0 aliphatic carbocycles. The predicted molar refractivity (Wildman–Crippen MR) is 76.3 cm³/mol. The van der Waals surface area contributed by atoms with Crippen molar-refractivity contribution in [3.05, 3.63) is 24.0 Å². The number of rotatable bonds is 4. The van der Waals surface area contributed by atoms with Gasteiger partial charge in [0, 0.05) is 30.3 Å². The first-order chi connectivity index (χ1) is 8.77. The van der Waals surface area contributed by atoms with Crippen LogP contribution in [-0.4, -0.2) is 55.2 Å². The van der Waals surface area contributed by atoms with Crippen LogP contribution < -0.4 is 10.1 Å². The summed E-state index contributed by atoms with van der Waals surface area (Å²) in [5.74, 6) is 3.20. The molecule has 2 atom stereocenters. The van der Waals surface area contributed by atoms with E-state index in [9.17, 15) is 0 Å². The molecule has 1 aromatic rings. The zero-order valence-corrected chi connectivity index (χ0v) is 12.0. The van der Waals surface area contributed by atoms with Crippen LogP contribution in [0.25, 0.3) is 0 Å². The molecule has 2 unspecified atom stereocenters. The predicted octanol–water partition coefficient (Wildman–Crippen LogP) is 1.40. The minimum absolute atomic E-state index is 0.207. The molecule has 0 spiro atoms. The van der Waals surface area contributed by atoms with E-state index in [1.54, 1.807) is 7.11 Å². The van der Waals surface area contributed by atoms with Gasteiger partial charge in [0.1, 0.15) is 11.4 Å². The van der Waals surface area contributed by atoms with Crippen LogP contribution in [0.5, 0.6) is 5.75 Å². The minimum atomic E-state index is 0.207. The molecule has 2 rings (SSSR count). The Balaban J connectivity index is 2.26. The third kappa shape index (κ3) is 2.79. The van der Waals surface area contributed by atoms with Crippen molar-refractivity contribution in [1.82, 2.24) is 15.2 Å². The number of ether oxygens (including phenoxy) is 1. The quantitative estimate of drug-likeness (QED) is 0.892. The minimum Gasteiger partial charge on any atom is -0.495 e. The van der Waals surface area contributed by atoms with Gasteiger partial charge in [0.15, 0.2) is 0 Å². The number of aromatic nitrogens is 1. The SMILES string of the molecule is CNC(c1ncccc1OC)C1CSCCN1C. The molecule has 0 radical (unpaired) electrons. The first-order valence-electron chi connectivity index (χ1n) is 6.22. The number of hydrogen-bond donors (Lipinski definition) is 1. The van der Waals surface area contributed by atoms with Crippen LogP contribution in [0.4, 0.5) is 0 Å². The molecule has 1 saturated heterocycles. The number of likely N-dealkylation sites (N-methyl/N-ethyl adjacent to an activating group) is 2. The van der Waals surface area contributed by atoms with Crippen LogP contribution in [0.15, 0.2) is 18.3 Å². The van der Waals surface area contributed by atoms with E-state index in [4.69, 9.17) is 4.74 Å². The summed E-state index contributed by atoms with van der Waals surface area (Å²) in [6.45, 7) is 1.13. The molecular formula is C13H21N3OS. The van der Waals surface area contributed by atoms with Crippen LogP contribution in [0, 0.1) is 0 Å². The van der Waals surface area contributed by atoms with E-state index in [-0.39, 0.29) is 6.04 Å². The van der Waals surface area contributed by atoms with E-state index in [1.165, 1.54) is 5.75 Å². The number of pyridine rings is 1. The zero-order valence-electron chi connectivity index (χ0n) is 11.2. The summed E-state index contributed by atoms with van der Waals surface area (Å²) < 4.78 is 5.43. The normalized spacial score (nSPS) is 22.7. The maximum Gasteiger partial charge on any atom is 0.142 e. The fraction of sp³-hybridized carbons (Fsp3) is 0.615. The van der Waals surface area contributed by atoms with E-state index in [0.717, 1.165) is 23.7 Å². The van der Waals surface area contributed by atoms with Gasteiger partial charge in [-0.25, -0.2) is 0 Å². The number of hydrogen-bond acceptors (Lipinski definition) is 5. The van der Waals surface area contributed by atoms with Crippen LogP contribution in [-0.2, 0) is 0 Å². The van der Waals surface area contributed by atoms with Gasteiger partial charge >= 0.3 is 0 Å². The zero-order chi connectivity index (χ0) is 13.0. The highest BCUT2D eigenvalue weighted by Crippen LogP contribution is 2.30. The molecule has 2 heterocycles. The molecule has 0 saturated carbocycles. The van der Waals surface area contributed by atoms with Crippen LogP contribution in [0.2, 0.25) is 0 Å².